The molecule has 0 aromatic carbocycles. The number of nitrogens with zero attached hydrogens (tertiary/aromatic N) is 3. The van der Waals surface area contributed by atoms with Crippen LogP contribution in [0.3, 0.4) is 0 Å². The molecule has 10 heteroatoms. The molecule has 4 N–H and O–H groups in total. The third-order valence-electron chi connectivity index (χ3n) is 1.86. The molecule has 0 unspecified atom stereocenters. The quantitative estimate of drug-likeness (QED) is 0.296. The average molecular weight is 279 g/mol. The SMILES string of the molecule is O/N=C\c1ccccn1.O=C1NC(=O)C(=NO)C(=O)N1. The van der Waals surface area contributed by atoms with Gasteiger partial charge in [-0.05, 0) is 12.1 Å². The number of hydrogen-bond acceptors (Lipinski definition) is 8. The maximum atomic E-state index is 10.6. The summed E-state index contributed by atoms with van der Waals surface area (Å²) in [6, 6.07) is 4.45. The normalized spacial score (nSPS) is 14.2. The Labute approximate surface area is 111 Å². The number of imide groups is 2. The van der Waals surface area contributed by atoms with E-state index in [4.69, 9.17) is 10.4 Å². The van der Waals surface area contributed by atoms with Crippen molar-refractivity contribution >= 4 is 29.8 Å². The molecular formula is C10H9N5O5. The van der Waals surface area contributed by atoms with Gasteiger partial charge in [-0.25, -0.2) is 4.79 Å². The summed E-state index contributed by atoms with van der Waals surface area (Å²) in [5.74, 6) is -2.03. The molecule has 4 amide bonds. The van der Waals surface area contributed by atoms with Crippen molar-refractivity contribution in [2.75, 3.05) is 0 Å². The fourth-order valence-electron chi connectivity index (χ4n) is 1.06. The summed E-state index contributed by atoms with van der Waals surface area (Å²) >= 11 is 0. The highest BCUT2D eigenvalue weighted by molar-refractivity contribution is 6.68. The van der Waals surface area contributed by atoms with Crippen molar-refractivity contribution in [1.82, 2.24) is 15.6 Å². The smallest absolute Gasteiger partial charge is 0.328 e. The van der Waals surface area contributed by atoms with Crippen molar-refractivity contribution in [3.05, 3.63) is 30.1 Å². The van der Waals surface area contributed by atoms with Gasteiger partial charge in [-0.1, -0.05) is 16.4 Å². The van der Waals surface area contributed by atoms with Crippen LogP contribution in [0.15, 0.2) is 34.7 Å². The minimum absolute atomic E-state index is 0.653. The summed E-state index contributed by atoms with van der Waals surface area (Å²) in [4.78, 5) is 35.3. The third-order valence-corrected chi connectivity index (χ3v) is 1.86. The largest absolute Gasteiger partial charge is 0.411 e. The van der Waals surface area contributed by atoms with Crippen LogP contribution in [0.2, 0.25) is 0 Å². The van der Waals surface area contributed by atoms with E-state index in [1.165, 1.54) is 6.21 Å². The Bertz CT molecular complexity index is 547. The predicted octanol–water partition coefficient (Wildman–Crippen LogP) is -0.928. The van der Waals surface area contributed by atoms with E-state index < -0.39 is 23.6 Å². The lowest BCUT2D eigenvalue weighted by molar-refractivity contribution is -0.119. The van der Waals surface area contributed by atoms with Crippen LogP contribution in [0.25, 0.3) is 0 Å². The van der Waals surface area contributed by atoms with Gasteiger partial charge in [-0.2, -0.15) is 0 Å². The van der Waals surface area contributed by atoms with E-state index in [1.807, 2.05) is 6.07 Å². The Hall–Kier alpha value is -3.30. The molecule has 0 spiro atoms. The summed E-state index contributed by atoms with van der Waals surface area (Å²) in [5.41, 5.74) is -0.0791. The zero-order valence-electron chi connectivity index (χ0n) is 9.85. The summed E-state index contributed by atoms with van der Waals surface area (Å²) in [5, 5.41) is 24.7. The van der Waals surface area contributed by atoms with Crippen LogP contribution in [-0.4, -0.2) is 45.2 Å². The Morgan fingerprint density at radius 2 is 1.75 bits per heavy atom. The van der Waals surface area contributed by atoms with Crippen LogP contribution >= 0.6 is 0 Å². The van der Waals surface area contributed by atoms with E-state index >= 15 is 0 Å². The van der Waals surface area contributed by atoms with Gasteiger partial charge in [0.1, 0.15) is 0 Å². The first-order valence-corrected chi connectivity index (χ1v) is 5.05. The van der Waals surface area contributed by atoms with E-state index in [9.17, 15) is 14.4 Å². The van der Waals surface area contributed by atoms with Crippen LogP contribution in [0.1, 0.15) is 5.69 Å². The standard InChI is InChI=1S/C6H6N2O.C4H3N3O4/c9-8-5-6-3-1-2-4-7-6;8-2-1(7-11)3(9)6-4(10)5-2/h1-5,9H;11H,(H2,5,6,8,9,10)/b8-5-;. The minimum Gasteiger partial charge on any atom is -0.411 e. The molecular weight excluding hydrogens is 270 g/mol. The number of amides is 4. The first-order valence-electron chi connectivity index (χ1n) is 5.05. The molecule has 2 heterocycles. The van der Waals surface area contributed by atoms with E-state index in [2.05, 4.69) is 15.3 Å². The molecule has 1 saturated heterocycles. The number of nitrogens with one attached hydrogen (secondary N) is 2. The molecule has 0 saturated carbocycles. The molecule has 10 nitrogen and oxygen atoms in total. The Kier molecular flexibility index (Phi) is 5.32. The first kappa shape index (κ1) is 14.8. The van der Waals surface area contributed by atoms with Gasteiger partial charge in [0.25, 0.3) is 11.8 Å². The van der Waals surface area contributed by atoms with Crippen molar-refractivity contribution in [2.24, 2.45) is 10.3 Å². The van der Waals surface area contributed by atoms with E-state index in [0.29, 0.717) is 5.69 Å². The van der Waals surface area contributed by atoms with Gasteiger partial charge in [-0.15, -0.1) is 0 Å². The molecule has 1 aromatic rings. The lowest BCUT2D eigenvalue weighted by Crippen LogP contribution is -2.56. The van der Waals surface area contributed by atoms with E-state index in [-0.39, 0.29) is 0 Å². The molecule has 104 valence electrons. The molecule has 1 aromatic heterocycles. The zero-order valence-corrected chi connectivity index (χ0v) is 9.85. The number of carbonyl (C=O) groups excluding carboxylic acids is 3. The molecule has 1 fully saturated rings. The van der Waals surface area contributed by atoms with Crippen molar-refractivity contribution in [3.8, 4) is 0 Å². The lowest BCUT2D eigenvalue weighted by atomic mass is 10.3. The number of pyridine rings is 1. The highest BCUT2D eigenvalue weighted by Crippen LogP contribution is 1.87. The molecule has 20 heavy (non-hydrogen) atoms. The Balaban J connectivity index is 0.000000204. The average Bonchev–Trinajstić information content (AvgIpc) is 2.40. The number of aromatic nitrogens is 1. The highest BCUT2D eigenvalue weighted by atomic mass is 16.4. The zero-order chi connectivity index (χ0) is 15.0. The molecule has 0 bridgehead atoms. The monoisotopic (exact) mass is 279 g/mol. The summed E-state index contributed by atoms with van der Waals surface area (Å²) < 4.78 is 0. The van der Waals surface area contributed by atoms with Gasteiger partial charge >= 0.3 is 6.03 Å². The molecule has 0 radical (unpaired) electrons. The van der Waals surface area contributed by atoms with Crippen LogP contribution in [-0.2, 0) is 9.59 Å². The topological polar surface area (TPSA) is 153 Å². The second kappa shape index (κ2) is 7.20. The molecule has 2 rings (SSSR count). The summed E-state index contributed by atoms with van der Waals surface area (Å²) in [7, 11) is 0. The van der Waals surface area contributed by atoms with Gasteiger partial charge in [0, 0.05) is 6.20 Å². The van der Waals surface area contributed by atoms with E-state index in [0.717, 1.165) is 0 Å². The van der Waals surface area contributed by atoms with E-state index in [1.54, 1.807) is 29.0 Å². The highest BCUT2D eigenvalue weighted by Gasteiger charge is 2.29. The number of oxime groups is 2. The third kappa shape index (κ3) is 4.18. The maximum absolute atomic E-state index is 10.6. The maximum Gasteiger partial charge on any atom is 0.328 e. The molecule has 0 atom stereocenters. The number of carbonyl (C=O) groups is 3. The van der Waals surface area contributed by atoms with Crippen LogP contribution < -0.4 is 10.6 Å². The van der Waals surface area contributed by atoms with Crippen molar-refractivity contribution in [2.45, 2.75) is 0 Å². The van der Waals surface area contributed by atoms with Gasteiger partial charge in [-0.3, -0.25) is 25.2 Å². The Morgan fingerprint density at radius 3 is 2.20 bits per heavy atom. The number of hydrogen-bond donors (Lipinski definition) is 4. The minimum atomic E-state index is -1.01. The fourth-order valence-corrected chi connectivity index (χ4v) is 1.06. The van der Waals surface area contributed by atoms with Gasteiger partial charge in [0.05, 0.1) is 11.9 Å². The second-order valence-corrected chi connectivity index (χ2v) is 3.19. The molecule has 1 aliphatic heterocycles. The summed E-state index contributed by atoms with van der Waals surface area (Å²) in [6.07, 6.45) is 2.91. The van der Waals surface area contributed by atoms with Crippen molar-refractivity contribution in [1.29, 1.82) is 0 Å². The number of rotatable bonds is 1. The molecule has 1 aliphatic rings. The fraction of sp³-hybridized carbons (Fsp3) is 0. The second-order valence-electron chi connectivity index (χ2n) is 3.19. The van der Waals surface area contributed by atoms with Gasteiger partial charge in [0.15, 0.2) is 0 Å². The molecule has 0 aliphatic carbocycles. The van der Waals surface area contributed by atoms with Crippen LogP contribution in [0.5, 0.6) is 0 Å². The van der Waals surface area contributed by atoms with Crippen molar-refractivity contribution < 1.29 is 24.8 Å². The van der Waals surface area contributed by atoms with Gasteiger partial charge < -0.3 is 10.4 Å². The first-order chi connectivity index (χ1) is 9.58. The summed E-state index contributed by atoms with van der Waals surface area (Å²) in [6.45, 7) is 0. The van der Waals surface area contributed by atoms with Crippen LogP contribution in [0, 0.1) is 0 Å². The van der Waals surface area contributed by atoms with Gasteiger partial charge in [0.2, 0.25) is 5.71 Å². The van der Waals surface area contributed by atoms with Crippen molar-refractivity contribution in [3.63, 3.8) is 0 Å². The van der Waals surface area contributed by atoms with Crippen LogP contribution in [0.4, 0.5) is 4.79 Å². The predicted molar refractivity (Wildman–Crippen MR) is 64.5 cm³/mol. The number of urea groups is 1. The Morgan fingerprint density at radius 1 is 1.10 bits per heavy atom. The lowest BCUT2D eigenvalue weighted by Gasteiger charge is -2.10. The number of barbiturate groups is 1.